The van der Waals surface area contributed by atoms with Gasteiger partial charge in [-0.25, -0.2) is 14.6 Å². The van der Waals surface area contributed by atoms with Crippen molar-refractivity contribution < 1.29 is 19.4 Å². The van der Waals surface area contributed by atoms with Crippen LogP contribution in [0.15, 0.2) is 72.9 Å². The molecule has 0 spiro atoms. The molecule has 2 aromatic carbocycles. The molecule has 34 heavy (non-hydrogen) atoms. The van der Waals surface area contributed by atoms with Gasteiger partial charge >= 0.3 is 12.1 Å². The maximum Gasteiger partial charge on any atom is 0.407 e. The summed E-state index contributed by atoms with van der Waals surface area (Å²) < 4.78 is 7.14. The van der Waals surface area contributed by atoms with Crippen molar-refractivity contribution in [2.24, 2.45) is 0 Å². The molecule has 168 valence electrons. The van der Waals surface area contributed by atoms with Crippen molar-refractivity contribution in [2.75, 3.05) is 6.61 Å². The number of rotatable bonds is 6. The highest BCUT2D eigenvalue weighted by Crippen LogP contribution is 2.44. The molecule has 1 amide bonds. The molecule has 1 aliphatic rings. The Labute approximate surface area is 195 Å². The van der Waals surface area contributed by atoms with E-state index in [-0.39, 0.29) is 24.6 Å². The van der Waals surface area contributed by atoms with E-state index in [1.165, 1.54) is 6.20 Å². The van der Waals surface area contributed by atoms with Crippen molar-refractivity contribution in [2.45, 2.75) is 18.4 Å². The number of ether oxygens (including phenoxy) is 1. The monoisotopic (exact) mass is 452 g/mol. The van der Waals surface area contributed by atoms with Gasteiger partial charge < -0.3 is 19.6 Å². The first-order valence-electron chi connectivity index (χ1n) is 10.8. The number of amides is 1. The van der Waals surface area contributed by atoms with E-state index in [1.54, 1.807) is 22.6 Å². The Morgan fingerprint density at radius 1 is 1.06 bits per heavy atom. The van der Waals surface area contributed by atoms with Crippen LogP contribution in [0.4, 0.5) is 4.79 Å². The van der Waals surface area contributed by atoms with E-state index in [9.17, 15) is 14.7 Å². The van der Waals surface area contributed by atoms with Crippen LogP contribution < -0.4 is 5.32 Å². The highest BCUT2D eigenvalue weighted by Gasteiger charge is 2.30. The maximum absolute atomic E-state index is 12.6. The largest absolute Gasteiger partial charge is 0.480 e. The summed E-state index contributed by atoms with van der Waals surface area (Å²) >= 11 is 0. The number of aromatic nitrogens is 2. The van der Waals surface area contributed by atoms with Gasteiger partial charge in [0.25, 0.3) is 0 Å². The fraction of sp³-hybridized carbons (Fsp3) is 0.154. The SMILES string of the molecule is N#Cc1cn2c(C[C@H](NC(=O)OCC3c4ccccc4-c4ccccc43)C(=O)O)cccc2n1. The topological polar surface area (TPSA) is 117 Å². The Bertz CT molecular complexity index is 1410. The quantitative estimate of drug-likeness (QED) is 0.460. The highest BCUT2D eigenvalue weighted by atomic mass is 16.5. The third-order valence-corrected chi connectivity index (χ3v) is 6.04. The average molecular weight is 452 g/mol. The van der Waals surface area contributed by atoms with Gasteiger partial charge in [-0.15, -0.1) is 0 Å². The number of hydrogen-bond acceptors (Lipinski definition) is 5. The van der Waals surface area contributed by atoms with Crippen LogP contribution in [0, 0.1) is 11.3 Å². The first-order chi connectivity index (χ1) is 16.5. The van der Waals surface area contributed by atoms with Gasteiger partial charge in [0.15, 0.2) is 5.69 Å². The molecule has 0 fully saturated rings. The van der Waals surface area contributed by atoms with E-state index >= 15 is 0 Å². The molecule has 0 aliphatic heterocycles. The van der Waals surface area contributed by atoms with Crippen LogP contribution >= 0.6 is 0 Å². The van der Waals surface area contributed by atoms with Crippen LogP contribution in [-0.4, -0.2) is 39.2 Å². The Balaban J connectivity index is 1.30. The van der Waals surface area contributed by atoms with Crippen LogP contribution in [0.2, 0.25) is 0 Å². The number of pyridine rings is 1. The molecule has 0 saturated heterocycles. The van der Waals surface area contributed by atoms with E-state index in [0.717, 1.165) is 22.3 Å². The number of alkyl carbamates (subject to hydrolysis) is 1. The number of nitriles is 1. The third kappa shape index (κ3) is 3.84. The zero-order chi connectivity index (χ0) is 23.7. The number of carboxylic acid groups (broad SMARTS) is 1. The number of imidazole rings is 1. The number of nitrogens with zero attached hydrogens (tertiary/aromatic N) is 3. The van der Waals surface area contributed by atoms with Gasteiger partial charge in [-0.1, -0.05) is 54.6 Å². The van der Waals surface area contributed by atoms with E-state index in [0.29, 0.717) is 11.3 Å². The fourth-order valence-electron chi connectivity index (χ4n) is 4.48. The Morgan fingerprint density at radius 2 is 1.74 bits per heavy atom. The number of hydrogen-bond donors (Lipinski definition) is 2. The molecule has 4 aromatic rings. The molecule has 8 nitrogen and oxygen atoms in total. The minimum absolute atomic E-state index is 0.00189. The standard InChI is InChI=1S/C26H20N4O4/c27-13-16-14-30-17(6-5-11-24(30)28-16)12-23(25(31)32)29-26(33)34-15-22-20-9-3-1-7-18(20)19-8-2-4-10-21(19)22/h1-11,14,22-23H,12,15H2,(H,29,33)(H,31,32)/t23-/m0/s1. The first-order valence-corrected chi connectivity index (χ1v) is 10.8. The first kappa shape index (κ1) is 21.2. The zero-order valence-corrected chi connectivity index (χ0v) is 18.0. The maximum atomic E-state index is 12.6. The van der Waals surface area contributed by atoms with Gasteiger partial charge in [-0.05, 0) is 34.4 Å². The Morgan fingerprint density at radius 3 is 2.38 bits per heavy atom. The van der Waals surface area contributed by atoms with Gasteiger partial charge in [0.05, 0.1) is 0 Å². The average Bonchev–Trinajstić information content (AvgIpc) is 3.42. The molecule has 0 unspecified atom stereocenters. The van der Waals surface area contributed by atoms with Crippen molar-refractivity contribution in [1.82, 2.24) is 14.7 Å². The van der Waals surface area contributed by atoms with Crippen LogP contribution in [0.25, 0.3) is 16.8 Å². The lowest BCUT2D eigenvalue weighted by Gasteiger charge is -2.18. The summed E-state index contributed by atoms with van der Waals surface area (Å²) in [5, 5.41) is 21.3. The molecule has 8 heteroatoms. The number of nitrogens with one attached hydrogen (secondary N) is 1. The lowest BCUT2D eigenvalue weighted by molar-refractivity contribution is -0.139. The second-order valence-electron chi connectivity index (χ2n) is 8.05. The lowest BCUT2D eigenvalue weighted by atomic mass is 9.98. The second-order valence-corrected chi connectivity index (χ2v) is 8.05. The Hall–Kier alpha value is -4.64. The molecule has 0 bridgehead atoms. The predicted octanol–water partition coefficient (Wildman–Crippen LogP) is 3.74. The number of carbonyl (C=O) groups excluding carboxylic acids is 1. The molecule has 1 atom stereocenters. The summed E-state index contributed by atoms with van der Waals surface area (Å²) in [7, 11) is 0. The third-order valence-electron chi connectivity index (χ3n) is 6.04. The molecular formula is C26H20N4O4. The van der Waals surface area contributed by atoms with Crippen molar-refractivity contribution in [1.29, 1.82) is 5.26 Å². The fourth-order valence-corrected chi connectivity index (χ4v) is 4.48. The van der Waals surface area contributed by atoms with Gasteiger partial charge in [0, 0.05) is 24.2 Å². The number of benzene rings is 2. The molecule has 5 rings (SSSR count). The smallest absolute Gasteiger partial charge is 0.407 e. The lowest BCUT2D eigenvalue weighted by Crippen LogP contribution is -2.43. The predicted molar refractivity (Wildman–Crippen MR) is 123 cm³/mol. The Kier molecular flexibility index (Phi) is 5.44. The van der Waals surface area contributed by atoms with Gasteiger partial charge in [0.2, 0.25) is 0 Å². The summed E-state index contributed by atoms with van der Waals surface area (Å²) in [6.45, 7) is 0.0921. The molecule has 2 aromatic heterocycles. The van der Waals surface area contributed by atoms with Crippen LogP contribution in [0.3, 0.4) is 0 Å². The minimum atomic E-state index is -1.21. The van der Waals surface area contributed by atoms with Crippen molar-refractivity contribution in [3.8, 4) is 17.2 Å². The number of carbonyl (C=O) groups is 2. The van der Waals surface area contributed by atoms with Gasteiger partial charge in [0.1, 0.15) is 24.4 Å². The molecular weight excluding hydrogens is 432 g/mol. The van der Waals surface area contributed by atoms with E-state index in [2.05, 4.69) is 10.3 Å². The summed E-state index contributed by atoms with van der Waals surface area (Å²) in [6.07, 6.45) is 0.736. The van der Waals surface area contributed by atoms with E-state index in [1.807, 2.05) is 54.6 Å². The number of aliphatic carboxylic acids is 1. The summed E-state index contributed by atoms with van der Waals surface area (Å²) in [6, 6.07) is 21.9. The molecule has 2 heterocycles. The van der Waals surface area contributed by atoms with Crippen LogP contribution in [0.5, 0.6) is 0 Å². The summed E-state index contributed by atoms with van der Waals surface area (Å²) in [5.74, 6) is -1.31. The molecule has 2 N–H and O–H groups in total. The minimum Gasteiger partial charge on any atom is -0.480 e. The zero-order valence-electron chi connectivity index (χ0n) is 18.0. The van der Waals surface area contributed by atoms with E-state index < -0.39 is 18.1 Å². The van der Waals surface area contributed by atoms with Crippen LogP contribution in [-0.2, 0) is 16.0 Å². The highest BCUT2D eigenvalue weighted by molar-refractivity contribution is 5.81. The van der Waals surface area contributed by atoms with Crippen molar-refractivity contribution in [3.05, 3.63) is 95.4 Å². The summed E-state index contributed by atoms with van der Waals surface area (Å²) in [4.78, 5) is 28.6. The van der Waals surface area contributed by atoms with Crippen molar-refractivity contribution >= 4 is 17.7 Å². The van der Waals surface area contributed by atoms with Crippen LogP contribution in [0.1, 0.15) is 28.4 Å². The van der Waals surface area contributed by atoms with E-state index in [4.69, 9.17) is 10.00 Å². The van der Waals surface area contributed by atoms with Gasteiger partial charge in [-0.2, -0.15) is 5.26 Å². The summed E-state index contributed by atoms with van der Waals surface area (Å²) in [5.41, 5.74) is 5.72. The molecule has 1 aliphatic carbocycles. The normalized spacial score (nSPS) is 13.0. The van der Waals surface area contributed by atoms with Crippen molar-refractivity contribution in [3.63, 3.8) is 0 Å². The molecule has 0 radical (unpaired) electrons. The van der Waals surface area contributed by atoms with Gasteiger partial charge in [-0.3, -0.25) is 0 Å². The number of carboxylic acids is 1. The number of fused-ring (bicyclic) bond motifs is 4. The second kappa shape index (κ2) is 8.71. The molecule has 0 saturated carbocycles.